The van der Waals surface area contributed by atoms with Gasteiger partial charge in [0.05, 0.1) is 6.10 Å². The van der Waals surface area contributed by atoms with E-state index in [9.17, 15) is 4.79 Å². The second-order valence-electron chi connectivity index (χ2n) is 4.81. The largest absolute Gasteiger partial charge is 0.365 e. The number of ether oxygens (including phenoxy) is 1. The number of likely N-dealkylation sites (N-methyl/N-ethyl adjacent to an activating group) is 1. The number of carbonyl (C=O) groups excluding carboxylic acids is 1. The van der Waals surface area contributed by atoms with Gasteiger partial charge in [0.15, 0.2) is 0 Å². The van der Waals surface area contributed by atoms with E-state index in [2.05, 4.69) is 5.32 Å². The molecule has 1 saturated carbocycles. The number of hydrogen-bond acceptors (Lipinski definition) is 3. The number of hydrogen-bond donors (Lipinski definition) is 1. The van der Waals surface area contributed by atoms with Crippen molar-refractivity contribution in [3.63, 3.8) is 0 Å². The highest BCUT2D eigenvalue weighted by atomic mass is 16.5. The van der Waals surface area contributed by atoms with E-state index in [0.717, 1.165) is 38.4 Å². The van der Waals surface area contributed by atoms with Crippen LogP contribution in [0.3, 0.4) is 0 Å². The van der Waals surface area contributed by atoms with Gasteiger partial charge in [0.1, 0.15) is 6.10 Å². The van der Waals surface area contributed by atoms with E-state index in [1.54, 1.807) is 0 Å². The van der Waals surface area contributed by atoms with Crippen molar-refractivity contribution >= 4 is 5.91 Å². The molecule has 0 bridgehead atoms. The summed E-state index contributed by atoms with van der Waals surface area (Å²) in [6, 6.07) is 0. The lowest BCUT2D eigenvalue weighted by molar-refractivity contribution is -0.151. The predicted octanol–water partition coefficient (Wildman–Crippen LogP) is 1.26. The Hall–Kier alpha value is -0.610. The molecule has 0 heterocycles. The smallest absolute Gasteiger partial charge is 0.251 e. The minimum atomic E-state index is -0.296. The van der Waals surface area contributed by atoms with Gasteiger partial charge in [0.2, 0.25) is 0 Å². The Morgan fingerprint density at radius 2 is 2.00 bits per heavy atom. The minimum Gasteiger partial charge on any atom is -0.365 e. The Kier molecular flexibility index (Phi) is 5.92. The maximum absolute atomic E-state index is 12.0. The summed E-state index contributed by atoms with van der Waals surface area (Å²) in [5.41, 5.74) is 0. The Balaban J connectivity index is 2.26. The molecule has 1 amide bonds. The fourth-order valence-corrected chi connectivity index (χ4v) is 2.38. The first-order valence-electron chi connectivity index (χ1n) is 6.71. The molecule has 0 spiro atoms. The molecule has 1 N–H and O–H groups in total. The molecule has 0 radical (unpaired) electrons. The second-order valence-corrected chi connectivity index (χ2v) is 4.81. The molecule has 17 heavy (non-hydrogen) atoms. The summed E-state index contributed by atoms with van der Waals surface area (Å²) in [6.45, 7) is 8.44. The fraction of sp³-hybridized carbons (Fsp3) is 0.923. The van der Waals surface area contributed by atoms with Gasteiger partial charge >= 0.3 is 0 Å². The molecule has 4 heteroatoms. The number of nitrogens with one attached hydrogen (secondary N) is 1. The standard InChI is InChI=1S/C13H26N2O2/c1-5-15(6-2)13(16)10(3)17-12-7-11(8-12)9-14-4/h10-12,14H,5-9H2,1-4H3. The molecular formula is C13H26N2O2. The summed E-state index contributed by atoms with van der Waals surface area (Å²) in [4.78, 5) is 13.8. The molecular weight excluding hydrogens is 216 g/mol. The Morgan fingerprint density at radius 1 is 1.41 bits per heavy atom. The van der Waals surface area contributed by atoms with E-state index in [1.165, 1.54) is 0 Å². The molecule has 1 aliphatic rings. The lowest BCUT2D eigenvalue weighted by atomic mass is 9.82. The van der Waals surface area contributed by atoms with Gasteiger partial charge in [-0.25, -0.2) is 0 Å². The van der Waals surface area contributed by atoms with Crippen molar-refractivity contribution in [2.75, 3.05) is 26.7 Å². The summed E-state index contributed by atoms with van der Waals surface area (Å²) in [5, 5.41) is 3.17. The Labute approximate surface area is 105 Å². The van der Waals surface area contributed by atoms with E-state index in [1.807, 2.05) is 32.7 Å². The molecule has 1 rings (SSSR count). The van der Waals surface area contributed by atoms with E-state index in [0.29, 0.717) is 0 Å². The topological polar surface area (TPSA) is 41.6 Å². The first-order chi connectivity index (χ1) is 8.12. The van der Waals surface area contributed by atoms with Crippen molar-refractivity contribution in [2.24, 2.45) is 5.92 Å². The van der Waals surface area contributed by atoms with Crippen molar-refractivity contribution in [3.05, 3.63) is 0 Å². The number of nitrogens with zero attached hydrogens (tertiary/aromatic N) is 1. The maximum Gasteiger partial charge on any atom is 0.251 e. The summed E-state index contributed by atoms with van der Waals surface area (Å²) >= 11 is 0. The van der Waals surface area contributed by atoms with Crippen molar-refractivity contribution in [3.8, 4) is 0 Å². The van der Waals surface area contributed by atoms with Crippen LogP contribution in [0.2, 0.25) is 0 Å². The van der Waals surface area contributed by atoms with Crippen LogP contribution in [0.1, 0.15) is 33.6 Å². The lowest BCUT2D eigenvalue weighted by Gasteiger charge is -2.37. The van der Waals surface area contributed by atoms with E-state index in [-0.39, 0.29) is 18.1 Å². The molecule has 1 unspecified atom stereocenters. The van der Waals surface area contributed by atoms with Gasteiger partial charge < -0.3 is 15.0 Å². The summed E-state index contributed by atoms with van der Waals surface area (Å²) in [7, 11) is 1.97. The van der Waals surface area contributed by atoms with Gasteiger partial charge in [-0.15, -0.1) is 0 Å². The fourth-order valence-electron chi connectivity index (χ4n) is 2.38. The van der Waals surface area contributed by atoms with Crippen LogP contribution in [-0.4, -0.2) is 49.7 Å². The van der Waals surface area contributed by atoms with Crippen LogP contribution in [0, 0.1) is 5.92 Å². The van der Waals surface area contributed by atoms with E-state index in [4.69, 9.17) is 4.74 Å². The average molecular weight is 242 g/mol. The predicted molar refractivity (Wildman–Crippen MR) is 68.9 cm³/mol. The van der Waals surface area contributed by atoms with Crippen molar-refractivity contribution in [2.45, 2.75) is 45.8 Å². The Bertz CT molecular complexity index is 236. The number of carbonyl (C=O) groups is 1. The average Bonchev–Trinajstić information content (AvgIpc) is 2.27. The SMILES string of the molecule is CCN(CC)C(=O)C(C)OC1CC(CNC)C1. The third-order valence-corrected chi connectivity index (χ3v) is 3.50. The van der Waals surface area contributed by atoms with Crippen molar-refractivity contribution < 1.29 is 9.53 Å². The molecule has 1 fully saturated rings. The highest BCUT2D eigenvalue weighted by Gasteiger charge is 2.32. The van der Waals surface area contributed by atoms with Gasteiger partial charge in [-0.3, -0.25) is 4.79 Å². The molecule has 0 aromatic heterocycles. The normalized spacial score (nSPS) is 25.2. The lowest BCUT2D eigenvalue weighted by Crippen LogP contribution is -2.44. The zero-order valence-electron chi connectivity index (χ0n) is 11.5. The summed E-state index contributed by atoms with van der Waals surface area (Å²) < 4.78 is 5.79. The quantitative estimate of drug-likeness (QED) is 0.731. The first kappa shape index (κ1) is 14.5. The van der Waals surface area contributed by atoms with Gasteiger partial charge in [0.25, 0.3) is 5.91 Å². The van der Waals surface area contributed by atoms with Crippen molar-refractivity contribution in [1.82, 2.24) is 10.2 Å². The zero-order valence-corrected chi connectivity index (χ0v) is 11.5. The highest BCUT2D eigenvalue weighted by molar-refractivity contribution is 5.80. The molecule has 100 valence electrons. The van der Waals surface area contributed by atoms with E-state index >= 15 is 0 Å². The summed E-state index contributed by atoms with van der Waals surface area (Å²) in [5.74, 6) is 0.841. The second kappa shape index (κ2) is 6.97. The monoisotopic (exact) mass is 242 g/mol. The molecule has 1 atom stereocenters. The van der Waals surface area contributed by atoms with Crippen LogP contribution in [0.15, 0.2) is 0 Å². The zero-order chi connectivity index (χ0) is 12.8. The molecule has 0 aromatic rings. The molecule has 1 aliphatic carbocycles. The third kappa shape index (κ3) is 3.96. The van der Waals surface area contributed by atoms with Crippen LogP contribution in [0.4, 0.5) is 0 Å². The summed E-state index contributed by atoms with van der Waals surface area (Å²) in [6.07, 6.45) is 2.14. The highest BCUT2D eigenvalue weighted by Crippen LogP contribution is 2.30. The van der Waals surface area contributed by atoms with Gasteiger partial charge in [0, 0.05) is 13.1 Å². The van der Waals surface area contributed by atoms with Gasteiger partial charge in [-0.1, -0.05) is 0 Å². The molecule has 4 nitrogen and oxygen atoms in total. The molecule has 0 aliphatic heterocycles. The first-order valence-corrected chi connectivity index (χ1v) is 6.71. The molecule has 0 saturated heterocycles. The van der Waals surface area contributed by atoms with Crippen LogP contribution < -0.4 is 5.32 Å². The van der Waals surface area contributed by atoms with Crippen LogP contribution in [0.25, 0.3) is 0 Å². The van der Waals surface area contributed by atoms with E-state index < -0.39 is 0 Å². The van der Waals surface area contributed by atoms with Crippen LogP contribution >= 0.6 is 0 Å². The number of rotatable bonds is 7. The molecule has 0 aromatic carbocycles. The Morgan fingerprint density at radius 3 is 2.47 bits per heavy atom. The van der Waals surface area contributed by atoms with Crippen LogP contribution in [-0.2, 0) is 9.53 Å². The van der Waals surface area contributed by atoms with Gasteiger partial charge in [-0.05, 0) is 53.1 Å². The maximum atomic E-state index is 12.0. The van der Waals surface area contributed by atoms with Crippen LogP contribution in [0.5, 0.6) is 0 Å². The van der Waals surface area contributed by atoms with Crippen molar-refractivity contribution in [1.29, 1.82) is 0 Å². The third-order valence-electron chi connectivity index (χ3n) is 3.50. The number of amides is 1. The minimum absolute atomic E-state index is 0.118. The van der Waals surface area contributed by atoms with Gasteiger partial charge in [-0.2, -0.15) is 0 Å².